The third kappa shape index (κ3) is 3.06. The Bertz CT molecular complexity index is 756. The maximum atomic E-state index is 12.8. The highest BCUT2D eigenvalue weighted by atomic mass is 19.4. The third-order valence-electron chi connectivity index (χ3n) is 3.88. The van der Waals surface area contributed by atoms with Gasteiger partial charge in [-0.3, -0.25) is 4.79 Å². The van der Waals surface area contributed by atoms with E-state index in [-0.39, 0.29) is 5.91 Å². The molecule has 0 unspecified atom stereocenters. The Morgan fingerprint density at radius 3 is 2.70 bits per heavy atom. The van der Waals surface area contributed by atoms with Crippen molar-refractivity contribution in [2.24, 2.45) is 0 Å². The lowest BCUT2D eigenvalue weighted by molar-refractivity contribution is -0.137. The van der Waals surface area contributed by atoms with Crippen LogP contribution in [0.5, 0.6) is 0 Å². The largest absolute Gasteiger partial charge is 0.416 e. The van der Waals surface area contributed by atoms with Crippen molar-refractivity contribution in [1.82, 2.24) is 4.98 Å². The number of hydrogen-bond acceptors (Lipinski definition) is 2. The lowest BCUT2D eigenvalue weighted by Gasteiger charge is -2.30. The highest BCUT2D eigenvalue weighted by Gasteiger charge is 2.33. The molecule has 0 atom stereocenters. The molecule has 23 heavy (non-hydrogen) atoms. The normalized spacial score (nSPS) is 14.5. The minimum Gasteiger partial charge on any atom is -0.307 e. The molecular weight excluding hydrogens is 305 g/mol. The number of fused-ring (bicyclic) bond motifs is 1. The number of aryl methyl sites for hydroxylation is 2. The van der Waals surface area contributed by atoms with Gasteiger partial charge in [-0.25, -0.2) is 4.98 Å². The topological polar surface area (TPSA) is 33.2 Å². The summed E-state index contributed by atoms with van der Waals surface area (Å²) in [5, 5.41) is 0. The van der Waals surface area contributed by atoms with Crippen molar-refractivity contribution in [3.05, 3.63) is 58.9 Å². The van der Waals surface area contributed by atoms with Crippen LogP contribution in [-0.4, -0.2) is 17.4 Å². The van der Waals surface area contributed by atoms with Gasteiger partial charge in [0.15, 0.2) is 0 Å². The number of amides is 1. The van der Waals surface area contributed by atoms with Crippen molar-refractivity contribution >= 4 is 11.6 Å². The van der Waals surface area contributed by atoms with E-state index in [1.807, 2.05) is 0 Å². The van der Waals surface area contributed by atoms with E-state index in [1.165, 1.54) is 11.0 Å². The van der Waals surface area contributed by atoms with Crippen LogP contribution in [0.15, 0.2) is 36.4 Å². The van der Waals surface area contributed by atoms with Crippen molar-refractivity contribution in [3.8, 4) is 0 Å². The molecule has 0 spiro atoms. The van der Waals surface area contributed by atoms with Crippen LogP contribution < -0.4 is 4.90 Å². The fraction of sp³-hybridized carbons (Fsp3) is 0.294. The minimum absolute atomic E-state index is 0.283. The molecule has 1 aliphatic rings. The monoisotopic (exact) mass is 320 g/mol. The average Bonchev–Trinajstić information content (AvgIpc) is 2.52. The number of halogens is 3. The zero-order chi connectivity index (χ0) is 16.6. The van der Waals surface area contributed by atoms with Gasteiger partial charge in [-0.2, -0.15) is 13.2 Å². The second-order valence-electron chi connectivity index (χ2n) is 5.57. The summed E-state index contributed by atoms with van der Waals surface area (Å²) in [6.45, 7) is 2.27. The molecule has 0 aliphatic carbocycles. The lowest BCUT2D eigenvalue weighted by Crippen LogP contribution is -2.36. The van der Waals surface area contributed by atoms with Crippen LogP contribution in [0.2, 0.25) is 0 Å². The first-order valence-electron chi connectivity index (χ1n) is 7.32. The summed E-state index contributed by atoms with van der Waals surface area (Å²) in [5.41, 5.74) is 1.43. The van der Waals surface area contributed by atoms with E-state index in [0.29, 0.717) is 36.3 Å². The molecule has 1 aromatic carbocycles. The van der Waals surface area contributed by atoms with E-state index >= 15 is 0 Å². The fourth-order valence-corrected chi connectivity index (χ4v) is 2.78. The first-order chi connectivity index (χ1) is 10.9. The molecule has 6 heteroatoms. The average molecular weight is 320 g/mol. The summed E-state index contributed by atoms with van der Waals surface area (Å²) < 4.78 is 38.5. The van der Waals surface area contributed by atoms with E-state index in [1.54, 1.807) is 25.1 Å². The third-order valence-corrected chi connectivity index (χ3v) is 3.88. The molecule has 1 aromatic heterocycles. The molecule has 120 valence electrons. The van der Waals surface area contributed by atoms with Crippen LogP contribution in [-0.2, 0) is 12.6 Å². The molecule has 2 aromatic rings. The van der Waals surface area contributed by atoms with Crippen LogP contribution in [0.3, 0.4) is 0 Å². The second-order valence-corrected chi connectivity index (χ2v) is 5.57. The molecule has 1 aliphatic heterocycles. The smallest absolute Gasteiger partial charge is 0.307 e. The maximum Gasteiger partial charge on any atom is 0.416 e. The van der Waals surface area contributed by atoms with E-state index in [9.17, 15) is 18.0 Å². The SMILES string of the molecule is Cc1cccc(C(=O)N2CCCc3cc(C(F)(F)F)ccc32)n1. The summed E-state index contributed by atoms with van der Waals surface area (Å²) in [6.07, 6.45) is -3.21. The molecule has 1 amide bonds. The summed E-state index contributed by atoms with van der Waals surface area (Å²) in [4.78, 5) is 18.4. The lowest BCUT2D eigenvalue weighted by atomic mass is 9.98. The Morgan fingerprint density at radius 2 is 2.00 bits per heavy atom. The Hall–Kier alpha value is -2.37. The van der Waals surface area contributed by atoms with Gasteiger partial charge in [0, 0.05) is 17.9 Å². The Balaban J connectivity index is 1.97. The number of benzene rings is 1. The molecule has 2 heterocycles. The van der Waals surface area contributed by atoms with Gasteiger partial charge in [-0.05, 0) is 55.7 Å². The second kappa shape index (κ2) is 5.68. The zero-order valence-corrected chi connectivity index (χ0v) is 12.5. The molecule has 3 rings (SSSR count). The van der Waals surface area contributed by atoms with Crippen molar-refractivity contribution in [2.75, 3.05) is 11.4 Å². The summed E-state index contributed by atoms with van der Waals surface area (Å²) in [7, 11) is 0. The quantitative estimate of drug-likeness (QED) is 0.795. The molecule has 0 saturated carbocycles. The minimum atomic E-state index is -4.38. The maximum absolute atomic E-state index is 12.8. The number of carbonyl (C=O) groups is 1. The Kier molecular flexibility index (Phi) is 3.83. The molecule has 3 nitrogen and oxygen atoms in total. The summed E-state index contributed by atoms with van der Waals surface area (Å²) >= 11 is 0. The molecular formula is C17H15F3N2O. The molecule has 0 saturated heterocycles. The Morgan fingerprint density at radius 1 is 1.22 bits per heavy atom. The highest BCUT2D eigenvalue weighted by molar-refractivity contribution is 6.05. The van der Waals surface area contributed by atoms with Gasteiger partial charge in [0.1, 0.15) is 5.69 Å². The van der Waals surface area contributed by atoms with Gasteiger partial charge in [-0.15, -0.1) is 0 Å². The number of carbonyl (C=O) groups excluding carboxylic acids is 1. The number of rotatable bonds is 1. The van der Waals surface area contributed by atoms with E-state index in [2.05, 4.69) is 4.98 Å². The van der Waals surface area contributed by atoms with Crippen molar-refractivity contribution < 1.29 is 18.0 Å². The van der Waals surface area contributed by atoms with E-state index < -0.39 is 11.7 Å². The van der Waals surface area contributed by atoms with Gasteiger partial charge in [0.05, 0.1) is 5.56 Å². The molecule has 0 N–H and O–H groups in total. The number of nitrogens with zero attached hydrogens (tertiary/aromatic N) is 2. The molecule has 0 radical (unpaired) electrons. The van der Waals surface area contributed by atoms with Crippen LogP contribution in [0.1, 0.15) is 33.7 Å². The van der Waals surface area contributed by atoms with Crippen LogP contribution >= 0.6 is 0 Å². The van der Waals surface area contributed by atoms with E-state index in [0.717, 1.165) is 17.8 Å². The van der Waals surface area contributed by atoms with Crippen LogP contribution in [0.25, 0.3) is 0 Å². The van der Waals surface area contributed by atoms with Crippen LogP contribution in [0, 0.1) is 6.92 Å². The fourth-order valence-electron chi connectivity index (χ4n) is 2.78. The predicted octanol–water partition coefficient (Wildman–Crippen LogP) is 4.00. The van der Waals surface area contributed by atoms with Crippen molar-refractivity contribution in [2.45, 2.75) is 25.9 Å². The van der Waals surface area contributed by atoms with Gasteiger partial charge >= 0.3 is 6.18 Å². The number of anilines is 1. The predicted molar refractivity (Wildman–Crippen MR) is 80.4 cm³/mol. The Labute approximate surface area is 131 Å². The van der Waals surface area contributed by atoms with Gasteiger partial charge in [0.25, 0.3) is 5.91 Å². The first-order valence-corrected chi connectivity index (χ1v) is 7.32. The standard InChI is InChI=1S/C17H15F3N2O/c1-11-4-2-6-14(21-11)16(23)22-9-3-5-12-10-13(17(18,19)20)7-8-15(12)22/h2,4,6-8,10H,3,5,9H2,1H3. The van der Waals surface area contributed by atoms with Crippen LogP contribution in [0.4, 0.5) is 18.9 Å². The number of aromatic nitrogens is 1. The zero-order valence-electron chi connectivity index (χ0n) is 12.5. The van der Waals surface area contributed by atoms with E-state index in [4.69, 9.17) is 0 Å². The van der Waals surface area contributed by atoms with Gasteiger partial charge < -0.3 is 4.90 Å². The summed E-state index contributed by atoms with van der Waals surface area (Å²) in [6, 6.07) is 8.69. The van der Waals surface area contributed by atoms with Gasteiger partial charge in [0.2, 0.25) is 0 Å². The number of pyridine rings is 1. The first kappa shape index (κ1) is 15.5. The number of alkyl halides is 3. The van der Waals surface area contributed by atoms with Crippen molar-refractivity contribution in [3.63, 3.8) is 0 Å². The molecule has 0 bridgehead atoms. The van der Waals surface area contributed by atoms with Gasteiger partial charge in [-0.1, -0.05) is 6.07 Å². The summed E-state index contributed by atoms with van der Waals surface area (Å²) in [5.74, 6) is -0.283. The van der Waals surface area contributed by atoms with Crippen molar-refractivity contribution in [1.29, 1.82) is 0 Å². The number of hydrogen-bond donors (Lipinski definition) is 0. The molecule has 0 fully saturated rings. The highest BCUT2D eigenvalue weighted by Crippen LogP contribution is 2.35.